The Morgan fingerprint density at radius 3 is 2.78 bits per heavy atom. The molecular formula is C11H14BrN5S. The molecule has 5 nitrogen and oxygen atoms in total. The summed E-state index contributed by atoms with van der Waals surface area (Å²) in [6.45, 7) is 3.13. The van der Waals surface area contributed by atoms with Gasteiger partial charge < -0.3 is 16.4 Å². The Morgan fingerprint density at radius 1 is 1.33 bits per heavy atom. The van der Waals surface area contributed by atoms with Gasteiger partial charge in [-0.1, -0.05) is 0 Å². The average molecular weight is 328 g/mol. The largest absolute Gasteiger partial charge is 0.369 e. The summed E-state index contributed by atoms with van der Waals surface area (Å²) in [5.74, 6) is 2.28. The van der Waals surface area contributed by atoms with Crippen molar-refractivity contribution in [2.45, 2.75) is 6.92 Å². The number of thiophene rings is 1. The SMILES string of the molecule is Cc1nc(NCCN)cc(Nc2cc(Br)cs2)n1. The summed E-state index contributed by atoms with van der Waals surface area (Å²) >= 11 is 5.04. The highest BCUT2D eigenvalue weighted by molar-refractivity contribution is 9.10. The maximum absolute atomic E-state index is 5.45. The molecule has 0 fully saturated rings. The molecule has 0 aliphatic heterocycles. The molecule has 0 bridgehead atoms. The van der Waals surface area contributed by atoms with Crippen LogP contribution in [-0.2, 0) is 0 Å². The molecule has 0 aliphatic rings. The summed E-state index contributed by atoms with van der Waals surface area (Å²) in [7, 11) is 0. The van der Waals surface area contributed by atoms with E-state index < -0.39 is 0 Å². The molecule has 0 unspecified atom stereocenters. The van der Waals surface area contributed by atoms with Gasteiger partial charge in [0.1, 0.15) is 17.5 Å². The molecule has 0 amide bonds. The van der Waals surface area contributed by atoms with Gasteiger partial charge in [0.05, 0.1) is 5.00 Å². The van der Waals surface area contributed by atoms with Gasteiger partial charge in [0.25, 0.3) is 0 Å². The second-order valence-corrected chi connectivity index (χ2v) is 5.48. The summed E-state index contributed by atoms with van der Waals surface area (Å²) in [5.41, 5.74) is 5.45. The monoisotopic (exact) mass is 327 g/mol. The van der Waals surface area contributed by atoms with Gasteiger partial charge in [-0.05, 0) is 28.9 Å². The lowest BCUT2D eigenvalue weighted by Gasteiger charge is -2.08. The number of aryl methyl sites for hydroxylation is 1. The molecule has 2 rings (SSSR count). The van der Waals surface area contributed by atoms with Gasteiger partial charge in [0, 0.05) is 29.0 Å². The minimum absolute atomic E-state index is 0.573. The molecule has 0 saturated carbocycles. The number of nitrogens with two attached hydrogens (primary N) is 1. The topological polar surface area (TPSA) is 75.9 Å². The smallest absolute Gasteiger partial charge is 0.136 e. The highest BCUT2D eigenvalue weighted by Crippen LogP contribution is 2.27. The van der Waals surface area contributed by atoms with Crippen molar-refractivity contribution in [2.24, 2.45) is 5.73 Å². The van der Waals surface area contributed by atoms with Crippen molar-refractivity contribution < 1.29 is 0 Å². The normalized spacial score (nSPS) is 10.4. The first-order valence-corrected chi connectivity index (χ1v) is 7.15. The van der Waals surface area contributed by atoms with Crippen molar-refractivity contribution in [3.8, 4) is 0 Å². The molecular weight excluding hydrogens is 314 g/mol. The third kappa shape index (κ3) is 3.66. The quantitative estimate of drug-likeness (QED) is 0.787. The Morgan fingerprint density at radius 2 is 2.11 bits per heavy atom. The Labute approximate surface area is 118 Å². The third-order valence-electron chi connectivity index (χ3n) is 2.11. The van der Waals surface area contributed by atoms with E-state index in [0.717, 1.165) is 26.9 Å². The molecule has 2 aromatic rings. The predicted octanol–water partition coefficient (Wildman–Crippen LogP) is 2.72. The van der Waals surface area contributed by atoms with E-state index in [0.29, 0.717) is 13.1 Å². The second-order valence-electron chi connectivity index (χ2n) is 3.66. The zero-order valence-electron chi connectivity index (χ0n) is 9.90. The lowest BCUT2D eigenvalue weighted by atomic mass is 10.4. The molecule has 96 valence electrons. The first-order chi connectivity index (χ1) is 8.67. The number of rotatable bonds is 5. The molecule has 0 saturated heterocycles. The predicted molar refractivity (Wildman–Crippen MR) is 79.6 cm³/mol. The van der Waals surface area contributed by atoms with Crippen LogP contribution < -0.4 is 16.4 Å². The molecule has 0 aliphatic carbocycles. The second kappa shape index (κ2) is 6.12. The number of halogens is 1. The lowest BCUT2D eigenvalue weighted by molar-refractivity contribution is 0.987. The van der Waals surface area contributed by atoms with Gasteiger partial charge in [-0.3, -0.25) is 0 Å². The Balaban J connectivity index is 2.14. The first-order valence-electron chi connectivity index (χ1n) is 5.48. The van der Waals surface area contributed by atoms with Gasteiger partial charge in [0.15, 0.2) is 0 Å². The van der Waals surface area contributed by atoms with Crippen LogP contribution in [0.25, 0.3) is 0 Å². The van der Waals surface area contributed by atoms with Gasteiger partial charge in [-0.15, -0.1) is 11.3 Å². The van der Waals surface area contributed by atoms with Gasteiger partial charge >= 0.3 is 0 Å². The van der Waals surface area contributed by atoms with Crippen LogP contribution in [0.5, 0.6) is 0 Å². The van der Waals surface area contributed by atoms with Gasteiger partial charge in [-0.25, -0.2) is 9.97 Å². The number of nitrogens with one attached hydrogen (secondary N) is 2. The van der Waals surface area contributed by atoms with Crippen molar-refractivity contribution in [2.75, 3.05) is 23.7 Å². The van der Waals surface area contributed by atoms with Crippen molar-refractivity contribution >= 4 is 43.9 Å². The van der Waals surface area contributed by atoms with Gasteiger partial charge in [0.2, 0.25) is 0 Å². The van der Waals surface area contributed by atoms with Crippen molar-refractivity contribution in [1.82, 2.24) is 9.97 Å². The number of anilines is 3. The molecule has 4 N–H and O–H groups in total. The molecule has 0 aromatic carbocycles. The van der Waals surface area contributed by atoms with E-state index in [1.54, 1.807) is 11.3 Å². The van der Waals surface area contributed by atoms with Gasteiger partial charge in [-0.2, -0.15) is 0 Å². The minimum atomic E-state index is 0.573. The fraction of sp³-hybridized carbons (Fsp3) is 0.273. The first kappa shape index (κ1) is 13.3. The third-order valence-corrected chi connectivity index (χ3v) is 3.71. The van der Waals surface area contributed by atoms with Crippen LogP contribution in [0.15, 0.2) is 22.0 Å². The van der Waals surface area contributed by atoms with E-state index in [2.05, 4.69) is 36.5 Å². The fourth-order valence-corrected chi connectivity index (χ4v) is 2.75. The summed E-state index contributed by atoms with van der Waals surface area (Å²) < 4.78 is 1.06. The summed E-state index contributed by atoms with van der Waals surface area (Å²) in [4.78, 5) is 8.64. The van der Waals surface area contributed by atoms with E-state index >= 15 is 0 Å². The molecule has 0 radical (unpaired) electrons. The molecule has 18 heavy (non-hydrogen) atoms. The Kier molecular flexibility index (Phi) is 4.51. The number of hydrogen-bond acceptors (Lipinski definition) is 6. The zero-order chi connectivity index (χ0) is 13.0. The van der Waals surface area contributed by atoms with Crippen molar-refractivity contribution in [1.29, 1.82) is 0 Å². The maximum atomic E-state index is 5.45. The Hall–Kier alpha value is -1.18. The molecule has 7 heteroatoms. The van der Waals surface area contributed by atoms with Crippen LogP contribution in [0.4, 0.5) is 16.6 Å². The summed E-state index contributed by atoms with van der Waals surface area (Å²) in [6, 6.07) is 3.88. The number of aromatic nitrogens is 2. The van der Waals surface area contributed by atoms with Crippen LogP contribution >= 0.6 is 27.3 Å². The average Bonchev–Trinajstić information content (AvgIpc) is 2.71. The number of hydrogen-bond donors (Lipinski definition) is 3. The maximum Gasteiger partial charge on any atom is 0.136 e. The molecule has 2 aromatic heterocycles. The van der Waals surface area contributed by atoms with E-state index in [1.807, 2.05) is 24.4 Å². The lowest BCUT2D eigenvalue weighted by Crippen LogP contribution is -2.14. The number of nitrogens with zero attached hydrogens (tertiary/aromatic N) is 2. The van der Waals surface area contributed by atoms with Crippen LogP contribution in [-0.4, -0.2) is 23.1 Å². The van der Waals surface area contributed by atoms with Crippen molar-refractivity contribution in [3.05, 3.63) is 27.8 Å². The summed E-state index contributed by atoms with van der Waals surface area (Å²) in [6.07, 6.45) is 0. The highest BCUT2D eigenvalue weighted by atomic mass is 79.9. The van der Waals surface area contributed by atoms with Crippen LogP contribution in [0.2, 0.25) is 0 Å². The van der Waals surface area contributed by atoms with E-state index in [4.69, 9.17) is 5.73 Å². The van der Waals surface area contributed by atoms with Crippen LogP contribution in [0, 0.1) is 6.92 Å². The highest BCUT2D eigenvalue weighted by Gasteiger charge is 2.03. The minimum Gasteiger partial charge on any atom is -0.369 e. The van der Waals surface area contributed by atoms with Crippen LogP contribution in [0.1, 0.15) is 5.82 Å². The molecule has 0 atom stereocenters. The van der Waals surface area contributed by atoms with E-state index in [1.165, 1.54) is 0 Å². The fourth-order valence-electron chi connectivity index (χ4n) is 1.43. The Bertz CT molecular complexity index is 528. The van der Waals surface area contributed by atoms with E-state index in [-0.39, 0.29) is 0 Å². The molecule has 2 heterocycles. The van der Waals surface area contributed by atoms with E-state index in [9.17, 15) is 0 Å². The molecule has 0 spiro atoms. The zero-order valence-corrected chi connectivity index (χ0v) is 12.3. The summed E-state index contributed by atoms with van der Waals surface area (Å²) in [5, 5.41) is 9.44. The van der Waals surface area contributed by atoms with Crippen LogP contribution in [0.3, 0.4) is 0 Å². The standard InChI is InChI=1S/C11H14BrN5S/c1-7-15-9(14-3-2-13)5-10(16-7)17-11-4-8(12)6-18-11/h4-6H,2-3,13H2,1H3,(H2,14,15,16,17). The van der Waals surface area contributed by atoms with Crippen molar-refractivity contribution in [3.63, 3.8) is 0 Å².